The molecule has 1 saturated carbocycles. The lowest BCUT2D eigenvalue weighted by Gasteiger charge is -2.31. The lowest BCUT2D eigenvalue weighted by molar-refractivity contribution is -0.150. The number of carbonyl (C=O) groups is 1. The van der Waals surface area contributed by atoms with E-state index in [4.69, 9.17) is 4.74 Å². The van der Waals surface area contributed by atoms with Crippen LogP contribution in [0.25, 0.3) is 0 Å². The first-order valence-electron chi connectivity index (χ1n) is 6.87. The average Bonchev–Trinajstić information content (AvgIpc) is 3.27. The highest BCUT2D eigenvalue weighted by molar-refractivity contribution is 9.10. The molecule has 1 N–H and O–H groups in total. The van der Waals surface area contributed by atoms with Crippen molar-refractivity contribution in [2.75, 3.05) is 19.4 Å². The van der Waals surface area contributed by atoms with Crippen LogP contribution in [-0.2, 0) is 9.53 Å². The van der Waals surface area contributed by atoms with Crippen molar-refractivity contribution >= 4 is 33.7 Å². The number of ether oxygens (including phenoxy) is 1. The van der Waals surface area contributed by atoms with Crippen molar-refractivity contribution in [1.82, 2.24) is 5.32 Å². The van der Waals surface area contributed by atoms with Gasteiger partial charge >= 0.3 is 5.97 Å². The zero-order valence-electron chi connectivity index (χ0n) is 11.8. The Labute approximate surface area is 133 Å². The van der Waals surface area contributed by atoms with Gasteiger partial charge in [0.1, 0.15) is 5.54 Å². The summed E-state index contributed by atoms with van der Waals surface area (Å²) in [4.78, 5) is 13.5. The van der Waals surface area contributed by atoms with Gasteiger partial charge in [-0.2, -0.15) is 0 Å². The standard InChI is InChI=1S/C15H20BrNO2S/c1-3-19-14(18)15(17-2,11-4-5-11)10-20-13-8-6-12(16)7-9-13/h6-9,11,17H,3-5,10H2,1-2H3. The highest BCUT2D eigenvalue weighted by Gasteiger charge is 2.51. The Morgan fingerprint density at radius 1 is 1.45 bits per heavy atom. The van der Waals surface area contributed by atoms with Crippen molar-refractivity contribution in [3.63, 3.8) is 0 Å². The molecular weight excluding hydrogens is 338 g/mol. The van der Waals surface area contributed by atoms with Crippen LogP contribution in [0, 0.1) is 5.92 Å². The Morgan fingerprint density at radius 3 is 2.60 bits per heavy atom. The van der Waals surface area contributed by atoms with Gasteiger partial charge in [0.05, 0.1) is 6.61 Å². The fourth-order valence-corrected chi connectivity index (χ4v) is 3.77. The molecule has 0 bridgehead atoms. The molecule has 0 aromatic heterocycles. The molecule has 0 heterocycles. The summed E-state index contributed by atoms with van der Waals surface area (Å²) in [5.74, 6) is 0.985. The van der Waals surface area contributed by atoms with Gasteiger partial charge < -0.3 is 10.1 Å². The first-order valence-corrected chi connectivity index (χ1v) is 8.64. The zero-order valence-corrected chi connectivity index (χ0v) is 14.2. The molecule has 3 nitrogen and oxygen atoms in total. The van der Waals surface area contributed by atoms with E-state index in [2.05, 4.69) is 33.4 Å². The monoisotopic (exact) mass is 357 g/mol. The maximum atomic E-state index is 12.3. The molecule has 0 amide bonds. The fraction of sp³-hybridized carbons (Fsp3) is 0.533. The number of halogens is 1. The second-order valence-corrected chi connectivity index (χ2v) is 6.92. The van der Waals surface area contributed by atoms with Crippen molar-refractivity contribution in [3.05, 3.63) is 28.7 Å². The summed E-state index contributed by atoms with van der Waals surface area (Å²) in [6.07, 6.45) is 2.20. The smallest absolute Gasteiger partial charge is 0.327 e. The van der Waals surface area contributed by atoms with Crippen LogP contribution in [0.1, 0.15) is 19.8 Å². The third-order valence-corrected chi connectivity index (χ3v) is 5.37. The van der Waals surface area contributed by atoms with E-state index in [1.165, 1.54) is 0 Å². The number of hydrogen-bond acceptors (Lipinski definition) is 4. The Hall–Kier alpha value is -0.520. The summed E-state index contributed by atoms with van der Waals surface area (Å²) in [6.45, 7) is 2.28. The first kappa shape index (κ1) is 15.9. The predicted molar refractivity (Wildman–Crippen MR) is 86.0 cm³/mol. The topological polar surface area (TPSA) is 38.3 Å². The first-order chi connectivity index (χ1) is 9.62. The molecule has 1 aliphatic carbocycles. The number of thioether (sulfide) groups is 1. The van der Waals surface area contributed by atoms with E-state index in [-0.39, 0.29) is 5.97 Å². The van der Waals surface area contributed by atoms with Gasteiger partial charge in [-0.05, 0) is 57.0 Å². The van der Waals surface area contributed by atoms with Gasteiger partial charge in [0.15, 0.2) is 0 Å². The van der Waals surface area contributed by atoms with E-state index in [0.29, 0.717) is 18.3 Å². The van der Waals surface area contributed by atoms with E-state index in [1.807, 2.05) is 26.1 Å². The number of rotatable bonds is 7. The number of nitrogens with one attached hydrogen (secondary N) is 1. The molecular formula is C15H20BrNO2S. The Balaban J connectivity index is 2.07. The summed E-state index contributed by atoms with van der Waals surface area (Å²) in [5.41, 5.74) is -0.548. The number of esters is 1. The third kappa shape index (κ3) is 3.57. The Kier molecular flexibility index (Phi) is 5.52. The molecule has 0 aliphatic heterocycles. The molecule has 0 saturated heterocycles. The number of benzene rings is 1. The highest BCUT2D eigenvalue weighted by Crippen LogP contribution is 2.43. The molecule has 1 atom stereocenters. The van der Waals surface area contributed by atoms with Crippen molar-refractivity contribution in [2.45, 2.75) is 30.2 Å². The second-order valence-electron chi connectivity index (χ2n) is 4.96. The molecule has 20 heavy (non-hydrogen) atoms. The number of carbonyl (C=O) groups excluding carboxylic acids is 1. The van der Waals surface area contributed by atoms with E-state index in [0.717, 1.165) is 22.2 Å². The van der Waals surface area contributed by atoms with Crippen LogP contribution in [0.3, 0.4) is 0 Å². The maximum absolute atomic E-state index is 12.3. The fourth-order valence-electron chi connectivity index (χ4n) is 2.29. The highest BCUT2D eigenvalue weighted by atomic mass is 79.9. The zero-order chi connectivity index (χ0) is 14.6. The minimum Gasteiger partial charge on any atom is -0.465 e. The maximum Gasteiger partial charge on any atom is 0.327 e. The molecule has 1 aromatic carbocycles. The molecule has 0 spiro atoms. The molecule has 5 heteroatoms. The normalized spacial score (nSPS) is 17.6. The van der Waals surface area contributed by atoms with Crippen LogP contribution in [0.15, 0.2) is 33.6 Å². The summed E-state index contributed by atoms with van der Waals surface area (Å²) in [6, 6.07) is 8.16. The average molecular weight is 358 g/mol. The van der Waals surface area contributed by atoms with E-state index >= 15 is 0 Å². The van der Waals surface area contributed by atoms with Gasteiger partial charge in [-0.3, -0.25) is 4.79 Å². The van der Waals surface area contributed by atoms with Crippen molar-refractivity contribution in [3.8, 4) is 0 Å². The molecule has 2 rings (SSSR count). The number of hydrogen-bond donors (Lipinski definition) is 1. The van der Waals surface area contributed by atoms with Gasteiger partial charge in [-0.15, -0.1) is 11.8 Å². The minimum absolute atomic E-state index is 0.116. The minimum atomic E-state index is -0.548. The molecule has 1 unspecified atom stereocenters. The van der Waals surface area contributed by atoms with Gasteiger partial charge in [-0.25, -0.2) is 0 Å². The van der Waals surface area contributed by atoms with Crippen molar-refractivity contribution < 1.29 is 9.53 Å². The number of likely N-dealkylation sites (N-methyl/N-ethyl adjacent to an activating group) is 1. The Bertz CT molecular complexity index is 461. The third-order valence-electron chi connectivity index (χ3n) is 3.64. The SMILES string of the molecule is CCOC(=O)C(CSc1ccc(Br)cc1)(NC)C1CC1. The van der Waals surface area contributed by atoms with E-state index < -0.39 is 5.54 Å². The lowest BCUT2D eigenvalue weighted by atomic mass is 9.96. The van der Waals surface area contributed by atoms with Crippen LogP contribution in [0.4, 0.5) is 0 Å². The Morgan fingerprint density at radius 2 is 2.10 bits per heavy atom. The van der Waals surface area contributed by atoms with E-state index in [9.17, 15) is 4.79 Å². The largest absolute Gasteiger partial charge is 0.465 e. The van der Waals surface area contributed by atoms with Crippen molar-refractivity contribution in [1.29, 1.82) is 0 Å². The van der Waals surface area contributed by atoms with Gasteiger partial charge in [0.2, 0.25) is 0 Å². The summed E-state index contributed by atoms with van der Waals surface area (Å²) in [7, 11) is 1.86. The van der Waals surface area contributed by atoms with Crippen LogP contribution in [0.2, 0.25) is 0 Å². The van der Waals surface area contributed by atoms with Crippen LogP contribution >= 0.6 is 27.7 Å². The molecule has 1 fully saturated rings. The summed E-state index contributed by atoms with van der Waals surface area (Å²) >= 11 is 5.13. The molecule has 110 valence electrons. The van der Waals surface area contributed by atoms with E-state index in [1.54, 1.807) is 11.8 Å². The molecule has 0 radical (unpaired) electrons. The van der Waals surface area contributed by atoms with Gasteiger partial charge in [0.25, 0.3) is 0 Å². The quantitative estimate of drug-likeness (QED) is 0.598. The van der Waals surface area contributed by atoms with Crippen molar-refractivity contribution in [2.24, 2.45) is 5.92 Å². The lowest BCUT2D eigenvalue weighted by Crippen LogP contribution is -2.55. The molecule has 1 aliphatic rings. The van der Waals surface area contributed by atoms with Gasteiger partial charge in [-0.1, -0.05) is 15.9 Å². The van der Waals surface area contributed by atoms with Crippen LogP contribution in [-0.4, -0.2) is 30.9 Å². The summed E-state index contributed by atoms with van der Waals surface area (Å²) in [5, 5.41) is 3.24. The summed E-state index contributed by atoms with van der Waals surface area (Å²) < 4.78 is 6.35. The molecule has 1 aromatic rings. The van der Waals surface area contributed by atoms with Gasteiger partial charge in [0, 0.05) is 15.1 Å². The second kappa shape index (κ2) is 6.96. The predicted octanol–water partition coefficient (Wildman–Crippen LogP) is 3.47. The van der Waals surface area contributed by atoms with Crippen LogP contribution < -0.4 is 5.32 Å². The van der Waals surface area contributed by atoms with Crippen LogP contribution in [0.5, 0.6) is 0 Å².